The van der Waals surface area contributed by atoms with Crippen LogP contribution in [-0.4, -0.2) is 19.4 Å². The van der Waals surface area contributed by atoms with Crippen LogP contribution >= 0.6 is 31.9 Å². The van der Waals surface area contributed by atoms with E-state index < -0.39 is 29.2 Å². The molecule has 0 spiro atoms. The van der Waals surface area contributed by atoms with Crippen LogP contribution in [0, 0.1) is 11.6 Å². The summed E-state index contributed by atoms with van der Waals surface area (Å²) in [6.45, 7) is -1.57. The van der Waals surface area contributed by atoms with Gasteiger partial charge in [0.05, 0.1) is 4.47 Å². The molecular formula is C11H9Br2F5O. The third-order valence-electron chi connectivity index (χ3n) is 2.16. The van der Waals surface area contributed by atoms with Crippen LogP contribution in [0.25, 0.3) is 0 Å². The molecular weight excluding hydrogens is 403 g/mol. The van der Waals surface area contributed by atoms with Crippen LogP contribution in [0.2, 0.25) is 0 Å². The molecule has 1 rings (SSSR count). The molecule has 0 bridgehead atoms. The van der Waals surface area contributed by atoms with Gasteiger partial charge >= 0.3 is 6.18 Å². The Kier molecular flexibility index (Phi) is 6.19. The van der Waals surface area contributed by atoms with Crippen molar-refractivity contribution in [1.29, 1.82) is 0 Å². The molecule has 8 heteroatoms. The molecule has 0 fully saturated rings. The minimum Gasteiger partial charge on any atom is -0.372 e. The molecule has 1 atom stereocenters. The molecule has 0 saturated carbocycles. The first-order valence-corrected chi connectivity index (χ1v) is 6.84. The van der Waals surface area contributed by atoms with Crippen molar-refractivity contribution in [3.8, 4) is 0 Å². The van der Waals surface area contributed by atoms with Crippen molar-refractivity contribution in [2.75, 3.05) is 13.2 Å². The molecule has 0 aliphatic carbocycles. The van der Waals surface area contributed by atoms with Crippen LogP contribution in [0.5, 0.6) is 0 Å². The minimum absolute atomic E-state index is 0.0122. The SMILES string of the molecule is Fc1cc(C(Br)CCOCC(F)(F)F)c(F)cc1Br. The Morgan fingerprint density at radius 2 is 1.79 bits per heavy atom. The Bertz CT molecular complexity index is 436. The maximum absolute atomic E-state index is 13.5. The largest absolute Gasteiger partial charge is 0.411 e. The number of hydrogen-bond donors (Lipinski definition) is 0. The van der Waals surface area contributed by atoms with Crippen LogP contribution in [0.1, 0.15) is 16.8 Å². The van der Waals surface area contributed by atoms with Crippen LogP contribution < -0.4 is 0 Å². The molecule has 0 amide bonds. The summed E-state index contributed by atoms with van der Waals surface area (Å²) in [5.41, 5.74) is 0.0382. The maximum atomic E-state index is 13.5. The molecule has 0 N–H and O–H groups in total. The molecule has 0 saturated heterocycles. The van der Waals surface area contributed by atoms with Gasteiger partial charge in [0.2, 0.25) is 0 Å². The zero-order chi connectivity index (χ0) is 14.6. The van der Waals surface area contributed by atoms with Gasteiger partial charge in [0.25, 0.3) is 0 Å². The molecule has 0 aromatic heterocycles. The number of alkyl halides is 4. The molecule has 19 heavy (non-hydrogen) atoms. The molecule has 0 aliphatic rings. The van der Waals surface area contributed by atoms with Crippen molar-refractivity contribution in [3.63, 3.8) is 0 Å². The van der Waals surface area contributed by atoms with E-state index in [0.717, 1.165) is 12.1 Å². The van der Waals surface area contributed by atoms with E-state index in [1.54, 1.807) is 0 Å². The lowest BCUT2D eigenvalue weighted by Crippen LogP contribution is -2.17. The van der Waals surface area contributed by atoms with Gasteiger partial charge in [-0.2, -0.15) is 13.2 Å². The van der Waals surface area contributed by atoms with E-state index in [1.165, 1.54) is 0 Å². The highest BCUT2D eigenvalue weighted by molar-refractivity contribution is 9.10. The van der Waals surface area contributed by atoms with Crippen molar-refractivity contribution in [3.05, 3.63) is 33.8 Å². The van der Waals surface area contributed by atoms with Crippen molar-refractivity contribution < 1.29 is 26.7 Å². The summed E-state index contributed by atoms with van der Waals surface area (Å²) in [4.78, 5) is -0.622. The molecule has 0 aliphatic heterocycles. The van der Waals surface area contributed by atoms with Crippen LogP contribution in [-0.2, 0) is 4.74 Å². The van der Waals surface area contributed by atoms with Gasteiger partial charge in [0.1, 0.15) is 18.2 Å². The van der Waals surface area contributed by atoms with E-state index in [2.05, 4.69) is 36.6 Å². The zero-order valence-corrected chi connectivity index (χ0v) is 12.6. The third kappa shape index (κ3) is 5.74. The first kappa shape index (κ1) is 16.8. The quantitative estimate of drug-likeness (QED) is 0.282. The van der Waals surface area contributed by atoms with Gasteiger partial charge in [0.15, 0.2) is 0 Å². The fourth-order valence-electron chi connectivity index (χ4n) is 1.31. The summed E-state index contributed by atoms with van der Waals surface area (Å²) in [7, 11) is 0. The molecule has 0 heterocycles. The van der Waals surface area contributed by atoms with Crippen molar-refractivity contribution in [2.24, 2.45) is 0 Å². The third-order valence-corrected chi connectivity index (χ3v) is 3.72. The molecule has 0 radical (unpaired) electrons. The van der Waals surface area contributed by atoms with Gasteiger partial charge < -0.3 is 4.74 Å². The lowest BCUT2D eigenvalue weighted by Gasteiger charge is -2.13. The average Bonchev–Trinajstić information content (AvgIpc) is 2.28. The number of benzene rings is 1. The van der Waals surface area contributed by atoms with Crippen LogP contribution in [0.4, 0.5) is 22.0 Å². The van der Waals surface area contributed by atoms with E-state index in [1.807, 2.05) is 0 Å². The van der Waals surface area contributed by atoms with Gasteiger partial charge in [0, 0.05) is 17.0 Å². The highest BCUT2D eigenvalue weighted by Crippen LogP contribution is 2.31. The van der Waals surface area contributed by atoms with Crippen molar-refractivity contribution in [2.45, 2.75) is 17.4 Å². The number of rotatable bonds is 5. The summed E-state index contributed by atoms with van der Waals surface area (Å²) < 4.78 is 66.6. The summed E-state index contributed by atoms with van der Waals surface area (Å²) >= 11 is 5.93. The summed E-state index contributed by atoms with van der Waals surface area (Å²) in [5.74, 6) is -1.29. The second kappa shape index (κ2) is 6.99. The average molecular weight is 412 g/mol. The Balaban J connectivity index is 2.54. The Morgan fingerprint density at radius 3 is 2.37 bits per heavy atom. The number of ether oxygens (including phenoxy) is 1. The predicted molar refractivity (Wildman–Crippen MR) is 67.2 cm³/mol. The van der Waals surface area contributed by atoms with Gasteiger partial charge in [-0.1, -0.05) is 15.9 Å². The predicted octanol–water partition coefficient (Wildman–Crippen LogP) is 5.13. The zero-order valence-electron chi connectivity index (χ0n) is 9.41. The number of hydrogen-bond acceptors (Lipinski definition) is 1. The molecule has 1 aromatic carbocycles. The van der Waals surface area contributed by atoms with E-state index in [4.69, 9.17) is 0 Å². The highest BCUT2D eigenvalue weighted by Gasteiger charge is 2.27. The molecule has 108 valence electrons. The fraction of sp³-hybridized carbons (Fsp3) is 0.455. The van der Waals surface area contributed by atoms with Crippen LogP contribution in [0.3, 0.4) is 0 Å². The topological polar surface area (TPSA) is 9.23 Å². The van der Waals surface area contributed by atoms with Gasteiger partial charge in [-0.3, -0.25) is 0 Å². The number of halogens is 7. The van der Waals surface area contributed by atoms with Gasteiger partial charge in [-0.05, 0) is 34.5 Å². The van der Waals surface area contributed by atoms with E-state index in [0.29, 0.717) is 0 Å². The summed E-state index contributed by atoms with van der Waals surface area (Å²) in [5, 5.41) is 0. The Hall–Kier alpha value is -0.210. The van der Waals surface area contributed by atoms with Crippen molar-refractivity contribution in [1.82, 2.24) is 0 Å². The fourth-order valence-corrected chi connectivity index (χ4v) is 2.16. The van der Waals surface area contributed by atoms with E-state index in [9.17, 15) is 22.0 Å². The second-order valence-electron chi connectivity index (χ2n) is 3.71. The van der Waals surface area contributed by atoms with Gasteiger partial charge in [-0.25, -0.2) is 8.78 Å². The first-order chi connectivity index (χ1) is 8.70. The van der Waals surface area contributed by atoms with E-state index >= 15 is 0 Å². The lowest BCUT2D eigenvalue weighted by atomic mass is 10.1. The smallest absolute Gasteiger partial charge is 0.372 e. The highest BCUT2D eigenvalue weighted by atomic mass is 79.9. The van der Waals surface area contributed by atoms with Gasteiger partial charge in [-0.15, -0.1) is 0 Å². The lowest BCUT2D eigenvalue weighted by molar-refractivity contribution is -0.174. The minimum atomic E-state index is -4.39. The first-order valence-electron chi connectivity index (χ1n) is 5.13. The molecule has 1 nitrogen and oxygen atoms in total. The maximum Gasteiger partial charge on any atom is 0.411 e. The Labute approximate surface area is 123 Å². The van der Waals surface area contributed by atoms with Crippen molar-refractivity contribution >= 4 is 31.9 Å². The molecule has 1 aromatic rings. The standard InChI is InChI=1S/C11H9Br2F5O/c12-7(1-2-19-5-11(16,17)18)6-3-10(15)8(13)4-9(6)14/h3-4,7H,1-2,5H2. The molecule has 1 unspecified atom stereocenters. The summed E-state index contributed by atoms with van der Waals surface area (Å²) in [6.07, 6.45) is -4.30. The Morgan fingerprint density at radius 1 is 1.16 bits per heavy atom. The second-order valence-corrected chi connectivity index (χ2v) is 5.67. The normalized spacial score (nSPS) is 13.6. The van der Waals surface area contributed by atoms with Crippen LogP contribution in [0.15, 0.2) is 16.6 Å². The monoisotopic (exact) mass is 410 g/mol. The van der Waals surface area contributed by atoms with E-state index in [-0.39, 0.29) is 23.1 Å². The summed E-state index contributed by atoms with van der Waals surface area (Å²) in [6, 6.07) is 1.96.